The van der Waals surface area contributed by atoms with Crippen molar-refractivity contribution < 1.29 is 0 Å². The maximum atomic E-state index is 6.04. The first kappa shape index (κ1) is 14.2. The quantitative estimate of drug-likeness (QED) is 0.908. The average Bonchev–Trinajstić information content (AvgIpc) is 3.24. The molecule has 2 unspecified atom stereocenters. The van der Waals surface area contributed by atoms with Gasteiger partial charge in [-0.2, -0.15) is 0 Å². The van der Waals surface area contributed by atoms with Gasteiger partial charge in [0.15, 0.2) is 0 Å². The molecule has 2 atom stereocenters. The fourth-order valence-corrected chi connectivity index (χ4v) is 3.61. The Kier molecular flexibility index (Phi) is 3.72. The first-order chi connectivity index (χ1) is 9.49. The number of piperazine rings is 1. The van der Waals surface area contributed by atoms with Gasteiger partial charge in [-0.15, -0.1) is 0 Å². The molecule has 0 aromatic heterocycles. The average molecular weight is 293 g/mol. The first-order valence-electron chi connectivity index (χ1n) is 7.77. The van der Waals surface area contributed by atoms with Crippen LogP contribution in [0.3, 0.4) is 0 Å². The number of hydrogen-bond donors (Lipinski definition) is 1. The minimum absolute atomic E-state index is 0.269. The van der Waals surface area contributed by atoms with Crippen LogP contribution in [0.25, 0.3) is 0 Å². The van der Waals surface area contributed by atoms with E-state index in [-0.39, 0.29) is 5.54 Å². The summed E-state index contributed by atoms with van der Waals surface area (Å²) in [6.07, 6.45) is 2.76. The number of nitrogens with one attached hydrogen (secondary N) is 1. The zero-order valence-electron chi connectivity index (χ0n) is 12.7. The Morgan fingerprint density at radius 2 is 1.90 bits per heavy atom. The van der Waals surface area contributed by atoms with Crippen molar-refractivity contribution in [3.05, 3.63) is 29.3 Å². The summed E-state index contributed by atoms with van der Waals surface area (Å²) in [4.78, 5) is 2.59. The SMILES string of the molecule is CC(C)C1CNC(C)(C2CC2)CN1c1ccc(Cl)cc1. The van der Waals surface area contributed by atoms with Crippen molar-refractivity contribution >= 4 is 17.3 Å². The van der Waals surface area contributed by atoms with Crippen molar-refractivity contribution in [2.24, 2.45) is 11.8 Å². The molecule has 2 fully saturated rings. The Morgan fingerprint density at radius 3 is 2.45 bits per heavy atom. The Morgan fingerprint density at radius 1 is 1.25 bits per heavy atom. The number of anilines is 1. The van der Waals surface area contributed by atoms with Crippen molar-refractivity contribution in [1.82, 2.24) is 5.32 Å². The van der Waals surface area contributed by atoms with Crippen LogP contribution in [0.5, 0.6) is 0 Å². The van der Waals surface area contributed by atoms with Crippen molar-refractivity contribution in [2.45, 2.75) is 45.2 Å². The van der Waals surface area contributed by atoms with Gasteiger partial charge in [-0.25, -0.2) is 0 Å². The summed E-state index contributed by atoms with van der Waals surface area (Å²) in [6.45, 7) is 9.20. The molecule has 0 bridgehead atoms. The van der Waals surface area contributed by atoms with E-state index in [9.17, 15) is 0 Å². The summed E-state index contributed by atoms with van der Waals surface area (Å²) in [7, 11) is 0. The van der Waals surface area contributed by atoms with Crippen LogP contribution in [0.1, 0.15) is 33.6 Å². The lowest BCUT2D eigenvalue weighted by molar-refractivity contribution is 0.233. The van der Waals surface area contributed by atoms with Crippen LogP contribution in [0.15, 0.2) is 24.3 Å². The van der Waals surface area contributed by atoms with Crippen LogP contribution < -0.4 is 10.2 Å². The molecule has 1 aromatic carbocycles. The van der Waals surface area contributed by atoms with E-state index in [0.29, 0.717) is 12.0 Å². The highest BCUT2D eigenvalue weighted by Crippen LogP contribution is 2.42. The molecule has 3 heteroatoms. The molecule has 1 aromatic rings. The number of benzene rings is 1. The summed E-state index contributed by atoms with van der Waals surface area (Å²) in [5.74, 6) is 1.49. The third-order valence-corrected chi connectivity index (χ3v) is 5.27. The maximum Gasteiger partial charge on any atom is 0.0438 e. The second-order valence-electron chi connectivity index (χ2n) is 6.99. The van der Waals surface area contributed by atoms with Crippen molar-refractivity contribution in [3.63, 3.8) is 0 Å². The Labute approximate surface area is 127 Å². The summed E-state index contributed by atoms with van der Waals surface area (Å²) in [5.41, 5.74) is 1.58. The standard InChI is InChI=1S/C17H25ClN2/c1-12(2)16-10-19-17(3,13-4-5-13)11-20(16)15-8-6-14(18)7-9-15/h6-9,12-13,16,19H,4-5,10-11H2,1-3H3. The molecule has 3 rings (SSSR count). The monoisotopic (exact) mass is 292 g/mol. The second kappa shape index (κ2) is 5.23. The molecule has 0 amide bonds. The lowest BCUT2D eigenvalue weighted by Gasteiger charge is -2.49. The Balaban J connectivity index is 1.87. The van der Waals surface area contributed by atoms with Crippen LogP contribution >= 0.6 is 11.6 Å². The van der Waals surface area contributed by atoms with Gasteiger partial charge in [-0.1, -0.05) is 25.4 Å². The number of hydrogen-bond acceptors (Lipinski definition) is 2. The Bertz CT molecular complexity index is 466. The molecule has 2 aliphatic rings. The van der Waals surface area contributed by atoms with Crippen LogP contribution in [-0.2, 0) is 0 Å². The van der Waals surface area contributed by atoms with Gasteiger partial charge in [-0.3, -0.25) is 0 Å². The fourth-order valence-electron chi connectivity index (χ4n) is 3.48. The number of halogens is 1. The zero-order chi connectivity index (χ0) is 14.3. The van der Waals surface area contributed by atoms with Crippen molar-refractivity contribution in [2.75, 3.05) is 18.0 Å². The van der Waals surface area contributed by atoms with Gasteiger partial charge in [0.1, 0.15) is 0 Å². The first-order valence-corrected chi connectivity index (χ1v) is 8.14. The highest BCUT2D eigenvalue weighted by atomic mass is 35.5. The van der Waals surface area contributed by atoms with Gasteiger partial charge < -0.3 is 10.2 Å². The highest BCUT2D eigenvalue weighted by Gasteiger charge is 2.46. The predicted octanol–water partition coefficient (Wildman–Crippen LogP) is 3.94. The van der Waals surface area contributed by atoms with E-state index in [1.807, 2.05) is 12.1 Å². The van der Waals surface area contributed by atoms with Crippen LogP contribution in [0.4, 0.5) is 5.69 Å². The minimum atomic E-state index is 0.269. The topological polar surface area (TPSA) is 15.3 Å². The van der Waals surface area contributed by atoms with E-state index in [2.05, 4.69) is 43.1 Å². The van der Waals surface area contributed by atoms with Gasteiger partial charge in [0.25, 0.3) is 0 Å². The van der Waals surface area contributed by atoms with Gasteiger partial charge in [0, 0.05) is 35.4 Å². The molecule has 1 heterocycles. The van der Waals surface area contributed by atoms with Crippen molar-refractivity contribution in [3.8, 4) is 0 Å². The van der Waals surface area contributed by atoms with Gasteiger partial charge in [0.05, 0.1) is 0 Å². The summed E-state index contributed by atoms with van der Waals surface area (Å²) < 4.78 is 0. The smallest absolute Gasteiger partial charge is 0.0438 e. The summed E-state index contributed by atoms with van der Waals surface area (Å²) in [5, 5.41) is 4.65. The normalized spacial score (nSPS) is 30.9. The van der Waals surface area contributed by atoms with E-state index >= 15 is 0 Å². The molecule has 1 aliphatic carbocycles. The molecular weight excluding hydrogens is 268 g/mol. The predicted molar refractivity (Wildman–Crippen MR) is 86.6 cm³/mol. The molecule has 1 saturated carbocycles. The molecule has 1 aliphatic heterocycles. The van der Waals surface area contributed by atoms with Crippen LogP contribution in [-0.4, -0.2) is 24.7 Å². The molecule has 0 spiro atoms. The third-order valence-electron chi connectivity index (χ3n) is 5.02. The lowest BCUT2D eigenvalue weighted by Crippen LogP contribution is -2.65. The molecule has 0 radical (unpaired) electrons. The maximum absolute atomic E-state index is 6.04. The van der Waals surface area contributed by atoms with Crippen LogP contribution in [0, 0.1) is 11.8 Å². The lowest BCUT2D eigenvalue weighted by atomic mass is 9.87. The van der Waals surface area contributed by atoms with E-state index in [0.717, 1.165) is 24.0 Å². The van der Waals surface area contributed by atoms with E-state index in [4.69, 9.17) is 11.6 Å². The molecule has 2 nitrogen and oxygen atoms in total. The number of nitrogens with zero attached hydrogens (tertiary/aromatic N) is 1. The molecule has 1 saturated heterocycles. The Hall–Kier alpha value is -0.730. The molecule has 1 N–H and O–H groups in total. The minimum Gasteiger partial charge on any atom is -0.365 e. The van der Waals surface area contributed by atoms with E-state index in [1.54, 1.807) is 0 Å². The summed E-state index contributed by atoms with van der Waals surface area (Å²) >= 11 is 6.04. The molecule has 110 valence electrons. The van der Waals surface area contributed by atoms with E-state index < -0.39 is 0 Å². The number of rotatable bonds is 3. The molecular formula is C17H25ClN2. The summed E-state index contributed by atoms with van der Waals surface area (Å²) in [6, 6.07) is 8.89. The molecule has 20 heavy (non-hydrogen) atoms. The van der Waals surface area contributed by atoms with Gasteiger partial charge in [0.2, 0.25) is 0 Å². The largest absolute Gasteiger partial charge is 0.365 e. The second-order valence-corrected chi connectivity index (χ2v) is 7.42. The van der Waals surface area contributed by atoms with Gasteiger partial charge in [-0.05, 0) is 55.9 Å². The third kappa shape index (κ3) is 2.68. The highest BCUT2D eigenvalue weighted by molar-refractivity contribution is 6.30. The van der Waals surface area contributed by atoms with Crippen LogP contribution in [0.2, 0.25) is 5.02 Å². The van der Waals surface area contributed by atoms with Gasteiger partial charge >= 0.3 is 0 Å². The zero-order valence-corrected chi connectivity index (χ0v) is 13.5. The fraction of sp³-hybridized carbons (Fsp3) is 0.647. The van der Waals surface area contributed by atoms with E-state index in [1.165, 1.54) is 18.5 Å². The van der Waals surface area contributed by atoms with Crippen molar-refractivity contribution in [1.29, 1.82) is 0 Å².